The molecular weight excluding hydrogens is 822 g/mol. The molecule has 7 rings (SSSR count). The van der Waals surface area contributed by atoms with E-state index in [1.54, 1.807) is 12.1 Å². The van der Waals surface area contributed by atoms with Crippen LogP contribution in [0.5, 0.6) is 5.75 Å². The van der Waals surface area contributed by atoms with Gasteiger partial charge in [-0.25, -0.2) is 9.37 Å². The minimum absolute atomic E-state index is 0.0401. The first-order valence-corrected chi connectivity index (χ1v) is 20.3. The maximum atomic E-state index is 14.1. The maximum Gasteiger partial charge on any atom is 0.416 e. The molecule has 3 aliphatic rings. The minimum Gasteiger partial charge on any atom is -0.491 e. The molecule has 19 heteroatoms. The average Bonchev–Trinajstić information content (AvgIpc) is 3.72. The number of ether oxygens (including phenoxy) is 5. The van der Waals surface area contributed by atoms with Crippen molar-refractivity contribution in [2.24, 2.45) is 5.92 Å². The van der Waals surface area contributed by atoms with Crippen LogP contribution in [0.1, 0.15) is 81.2 Å². The van der Waals surface area contributed by atoms with Crippen molar-refractivity contribution in [2.75, 3.05) is 64.8 Å². The first-order chi connectivity index (χ1) is 29.9. The van der Waals surface area contributed by atoms with E-state index in [1.165, 1.54) is 36.4 Å². The first-order valence-electron chi connectivity index (χ1n) is 20.3. The zero-order chi connectivity index (χ0) is 43.8. The number of hydrogen-bond acceptors (Lipinski definition) is 11. The Morgan fingerprint density at radius 3 is 2.15 bits per heavy atom. The average molecular weight is 868 g/mol. The predicted octanol–water partition coefficient (Wildman–Crippen LogP) is 5.72. The molecule has 1 saturated heterocycles. The number of hydrogen-bond donors (Lipinski definition) is 2. The van der Waals surface area contributed by atoms with Crippen LogP contribution in [-0.4, -0.2) is 109 Å². The summed E-state index contributed by atoms with van der Waals surface area (Å²) < 4.78 is 84.0. The standard InChI is InChI=1S/C43H45F4N5O10/c44-29-6-11-35-34(23-29)48-42(50-38(54)27-2-1-3-28(22-27)43(45,46)47)51(35)30-7-4-26(5-8-30)25-61-19-18-59-15-14-58-16-17-60-20-21-62-31-9-10-32-33(24-31)41(57)52(40(32)56)36-12-13-37(53)49-39(36)55/h1-3,6,9-11,22-24,26,30,36H,4-5,7-8,12-21,25H2,(H,48,50,54)(H,49,53,55). The molecular formula is C43H45F4N5O10. The molecule has 2 aliphatic heterocycles. The fraction of sp³-hybridized carbons (Fsp3) is 0.442. The van der Waals surface area contributed by atoms with Gasteiger partial charge in [-0.05, 0) is 86.6 Å². The van der Waals surface area contributed by atoms with Crippen LogP contribution in [0.25, 0.3) is 11.0 Å². The second kappa shape index (κ2) is 20.0. The smallest absolute Gasteiger partial charge is 0.416 e. The number of carbonyl (C=O) groups is 5. The van der Waals surface area contributed by atoms with Crippen molar-refractivity contribution in [3.05, 3.63) is 88.7 Å². The third kappa shape index (κ3) is 10.6. The van der Waals surface area contributed by atoms with Gasteiger partial charge in [0.05, 0.1) is 74.0 Å². The van der Waals surface area contributed by atoms with Gasteiger partial charge in [0.15, 0.2) is 0 Å². The van der Waals surface area contributed by atoms with Gasteiger partial charge in [0.1, 0.15) is 24.2 Å². The van der Waals surface area contributed by atoms with Crippen LogP contribution in [0.4, 0.5) is 23.5 Å². The van der Waals surface area contributed by atoms with Crippen molar-refractivity contribution in [2.45, 2.75) is 56.8 Å². The summed E-state index contributed by atoms with van der Waals surface area (Å²) in [5.74, 6) is -2.77. The Morgan fingerprint density at radius 2 is 1.45 bits per heavy atom. The summed E-state index contributed by atoms with van der Waals surface area (Å²) in [5.41, 5.74) is 0.126. The van der Waals surface area contributed by atoms with Crippen LogP contribution in [0.2, 0.25) is 0 Å². The second-order valence-corrected chi connectivity index (χ2v) is 15.1. The van der Waals surface area contributed by atoms with E-state index in [1.807, 2.05) is 4.57 Å². The largest absolute Gasteiger partial charge is 0.491 e. The third-order valence-electron chi connectivity index (χ3n) is 10.9. The zero-order valence-electron chi connectivity index (χ0n) is 33.5. The summed E-state index contributed by atoms with van der Waals surface area (Å²) in [4.78, 5) is 68.0. The lowest BCUT2D eigenvalue weighted by atomic mass is 9.86. The van der Waals surface area contributed by atoms with E-state index in [0.717, 1.165) is 42.7 Å². The molecule has 2 N–H and O–H groups in total. The van der Waals surface area contributed by atoms with Gasteiger partial charge in [0.2, 0.25) is 17.8 Å². The number of imide groups is 2. The number of alkyl halides is 3. The van der Waals surface area contributed by atoms with Crippen LogP contribution >= 0.6 is 0 Å². The third-order valence-corrected chi connectivity index (χ3v) is 10.9. The Hall–Kier alpha value is -5.76. The SMILES string of the molecule is O=C1CCC(N2C(=O)c3ccc(OCCOCCOCCOCCOCC4CCC(n5c(NC(=O)c6cccc(C(F)(F)F)c6)nc6cc(F)ccc65)CC4)cc3C2=O)C(=O)N1. The molecule has 2 fully saturated rings. The summed E-state index contributed by atoms with van der Waals surface area (Å²) in [5, 5.41) is 4.83. The monoisotopic (exact) mass is 867 g/mol. The maximum absolute atomic E-state index is 14.1. The van der Waals surface area contributed by atoms with Crippen molar-refractivity contribution in [1.82, 2.24) is 19.8 Å². The number of carbonyl (C=O) groups excluding carboxylic acids is 5. The topological polar surface area (TPSA) is 177 Å². The molecule has 0 bridgehead atoms. The van der Waals surface area contributed by atoms with Gasteiger partial charge in [-0.3, -0.25) is 39.5 Å². The first kappa shape index (κ1) is 44.3. The molecule has 5 amide bonds. The lowest BCUT2D eigenvalue weighted by Gasteiger charge is -2.30. The van der Waals surface area contributed by atoms with Gasteiger partial charge in [-0.15, -0.1) is 0 Å². The molecule has 1 atom stereocenters. The quantitative estimate of drug-likeness (QED) is 0.0670. The van der Waals surface area contributed by atoms with Gasteiger partial charge in [0, 0.05) is 30.7 Å². The van der Waals surface area contributed by atoms with Gasteiger partial charge in [-0.2, -0.15) is 13.2 Å². The molecule has 1 saturated carbocycles. The van der Waals surface area contributed by atoms with Gasteiger partial charge >= 0.3 is 6.18 Å². The highest BCUT2D eigenvalue weighted by atomic mass is 19.4. The highest BCUT2D eigenvalue weighted by molar-refractivity contribution is 6.23. The minimum atomic E-state index is -4.61. The van der Waals surface area contributed by atoms with Crippen molar-refractivity contribution in [1.29, 1.82) is 0 Å². The van der Waals surface area contributed by atoms with E-state index in [4.69, 9.17) is 23.7 Å². The normalized spacial score (nSPS) is 19.2. The molecule has 1 aromatic heterocycles. The van der Waals surface area contributed by atoms with Crippen LogP contribution in [0.3, 0.4) is 0 Å². The number of nitrogens with one attached hydrogen (secondary N) is 2. The second-order valence-electron chi connectivity index (χ2n) is 15.1. The van der Waals surface area contributed by atoms with E-state index >= 15 is 0 Å². The number of fused-ring (bicyclic) bond motifs is 2. The molecule has 330 valence electrons. The number of amides is 5. The number of imidazole rings is 1. The Morgan fingerprint density at radius 1 is 0.774 bits per heavy atom. The van der Waals surface area contributed by atoms with Crippen LogP contribution in [-0.2, 0) is 34.7 Å². The number of halogens is 4. The van der Waals surface area contributed by atoms with Crippen LogP contribution in [0, 0.1) is 11.7 Å². The van der Waals surface area contributed by atoms with Crippen LogP contribution in [0.15, 0.2) is 60.7 Å². The molecule has 3 heterocycles. The summed E-state index contributed by atoms with van der Waals surface area (Å²) in [7, 11) is 0. The van der Waals surface area contributed by atoms with Gasteiger partial charge in [0.25, 0.3) is 17.7 Å². The summed E-state index contributed by atoms with van der Waals surface area (Å²) in [6.45, 7) is 3.14. The molecule has 1 unspecified atom stereocenters. The Balaban J connectivity index is 0.738. The van der Waals surface area contributed by atoms with Crippen molar-refractivity contribution in [3.8, 4) is 5.75 Å². The molecule has 3 aromatic carbocycles. The summed E-state index contributed by atoms with van der Waals surface area (Å²) in [6, 6.07) is 11.7. The lowest BCUT2D eigenvalue weighted by Crippen LogP contribution is -2.54. The summed E-state index contributed by atoms with van der Waals surface area (Å²) in [6.07, 6.45) is -1.40. The van der Waals surface area contributed by atoms with E-state index in [2.05, 4.69) is 15.6 Å². The zero-order valence-corrected chi connectivity index (χ0v) is 33.5. The van der Waals surface area contributed by atoms with E-state index < -0.39 is 53.1 Å². The molecule has 62 heavy (non-hydrogen) atoms. The highest BCUT2D eigenvalue weighted by Crippen LogP contribution is 2.38. The van der Waals surface area contributed by atoms with Gasteiger partial charge < -0.3 is 28.3 Å². The molecule has 1 aliphatic carbocycles. The highest BCUT2D eigenvalue weighted by Gasteiger charge is 2.44. The molecule has 0 spiro atoms. The Bertz CT molecular complexity index is 2290. The fourth-order valence-corrected chi connectivity index (χ4v) is 7.78. The Kier molecular flexibility index (Phi) is 14.3. The van der Waals surface area contributed by atoms with E-state index in [-0.39, 0.29) is 60.7 Å². The fourth-order valence-electron chi connectivity index (χ4n) is 7.78. The van der Waals surface area contributed by atoms with Crippen molar-refractivity contribution >= 4 is 46.5 Å². The molecule has 0 radical (unpaired) electrons. The lowest BCUT2D eigenvalue weighted by molar-refractivity contribution is -0.138. The van der Waals surface area contributed by atoms with Gasteiger partial charge in [-0.1, -0.05) is 6.07 Å². The van der Waals surface area contributed by atoms with Crippen molar-refractivity contribution in [3.63, 3.8) is 0 Å². The molecule has 15 nitrogen and oxygen atoms in total. The number of benzene rings is 3. The van der Waals surface area contributed by atoms with E-state index in [9.17, 15) is 41.5 Å². The number of piperidine rings is 1. The Labute approximate surface area is 353 Å². The number of nitrogens with zero attached hydrogens (tertiary/aromatic N) is 3. The number of anilines is 1. The predicted molar refractivity (Wildman–Crippen MR) is 212 cm³/mol. The van der Waals surface area contributed by atoms with Crippen LogP contribution < -0.4 is 15.4 Å². The van der Waals surface area contributed by atoms with E-state index in [0.29, 0.717) is 63.0 Å². The number of rotatable bonds is 19. The number of aromatic nitrogens is 2. The summed E-state index contributed by atoms with van der Waals surface area (Å²) >= 11 is 0. The molecule has 4 aromatic rings. The van der Waals surface area contributed by atoms with Crippen molar-refractivity contribution < 1.29 is 65.2 Å².